The van der Waals surface area contributed by atoms with Crippen LogP contribution < -0.4 is 10.1 Å². The number of nitrogens with one attached hydrogen (secondary N) is 1. The normalized spacial score (nSPS) is 10.6. The SMILES string of the molecule is COc1cc(Cl)cc(C(=O)NCCc2coc(-c3ccc(C)cc3)n2)c1. The van der Waals surface area contributed by atoms with Gasteiger partial charge in [0.15, 0.2) is 0 Å². The van der Waals surface area contributed by atoms with Crippen molar-refractivity contribution in [2.24, 2.45) is 0 Å². The summed E-state index contributed by atoms with van der Waals surface area (Å²) in [5, 5.41) is 3.30. The Kier molecular flexibility index (Phi) is 5.58. The fourth-order valence-electron chi connectivity index (χ4n) is 2.47. The average molecular weight is 371 g/mol. The lowest BCUT2D eigenvalue weighted by molar-refractivity contribution is 0.0953. The molecule has 2 aromatic carbocycles. The summed E-state index contributed by atoms with van der Waals surface area (Å²) >= 11 is 5.99. The lowest BCUT2D eigenvalue weighted by Gasteiger charge is -2.07. The minimum atomic E-state index is -0.215. The number of amides is 1. The van der Waals surface area contributed by atoms with Crippen LogP contribution >= 0.6 is 11.6 Å². The highest BCUT2D eigenvalue weighted by atomic mass is 35.5. The Morgan fingerprint density at radius 2 is 2.00 bits per heavy atom. The first-order valence-corrected chi connectivity index (χ1v) is 8.57. The largest absolute Gasteiger partial charge is 0.497 e. The van der Waals surface area contributed by atoms with Crippen LogP contribution in [0.15, 0.2) is 53.1 Å². The number of nitrogens with zero attached hydrogens (tertiary/aromatic N) is 1. The number of hydrogen-bond acceptors (Lipinski definition) is 4. The van der Waals surface area contributed by atoms with Gasteiger partial charge in [-0.05, 0) is 37.3 Å². The minimum absolute atomic E-state index is 0.215. The van der Waals surface area contributed by atoms with Gasteiger partial charge in [0, 0.05) is 29.1 Å². The van der Waals surface area contributed by atoms with Gasteiger partial charge in [-0.15, -0.1) is 0 Å². The van der Waals surface area contributed by atoms with Gasteiger partial charge in [-0.1, -0.05) is 29.3 Å². The van der Waals surface area contributed by atoms with Crippen molar-refractivity contribution in [2.75, 3.05) is 13.7 Å². The molecule has 0 fully saturated rings. The molecule has 0 unspecified atom stereocenters. The summed E-state index contributed by atoms with van der Waals surface area (Å²) in [6.45, 7) is 2.47. The molecule has 3 aromatic rings. The molecular formula is C20H19ClN2O3. The Morgan fingerprint density at radius 3 is 2.73 bits per heavy atom. The molecule has 0 saturated carbocycles. The third kappa shape index (κ3) is 4.43. The first-order chi connectivity index (χ1) is 12.5. The van der Waals surface area contributed by atoms with Crippen molar-refractivity contribution in [2.45, 2.75) is 13.3 Å². The van der Waals surface area contributed by atoms with Crippen molar-refractivity contribution in [1.29, 1.82) is 0 Å². The van der Waals surface area contributed by atoms with Crippen LogP contribution in [0.2, 0.25) is 5.02 Å². The van der Waals surface area contributed by atoms with E-state index in [2.05, 4.69) is 10.3 Å². The van der Waals surface area contributed by atoms with Crippen molar-refractivity contribution in [3.8, 4) is 17.2 Å². The van der Waals surface area contributed by atoms with E-state index in [1.54, 1.807) is 24.5 Å². The number of halogens is 1. The number of methoxy groups -OCH3 is 1. The highest BCUT2D eigenvalue weighted by Crippen LogP contribution is 2.21. The second-order valence-corrected chi connectivity index (χ2v) is 6.33. The number of hydrogen-bond donors (Lipinski definition) is 1. The first kappa shape index (κ1) is 18.0. The standard InChI is InChI=1S/C20H19ClN2O3/c1-13-3-5-14(6-4-13)20-23-17(12-26-20)7-8-22-19(24)15-9-16(21)11-18(10-15)25-2/h3-6,9-12H,7-8H2,1-2H3,(H,22,24). The van der Waals surface area contributed by atoms with E-state index in [0.29, 0.717) is 35.2 Å². The predicted molar refractivity (Wildman–Crippen MR) is 101 cm³/mol. The number of rotatable bonds is 6. The van der Waals surface area contributed by atoms with Gasteiger partial charge in [0.2, 0.25) is 5.89 Å². The van der Waals surface area contributed by atoms with Crippen LogP contribution in [0.5, 0.6) is 5.75 Å². The molecule has 0 aliphatic heterocycles. The molecule has 1 heterocycles. The van der Waals surface area contributed by atoms with Crippen molar-refractivity contribution in [3.05, 3.63) is 70.6 Å². The molecule has 5 nitrogen and oxygen atoms in total. The quantitative estimate of drug-likeness (QED) is 0.703. The zero-order chi connectivity index (χ0) is 18.5. The second kappa shape index (κ2) is 8.06. The smallest absolute Gasteiger partial charge is 0.251 e. The zero-order valence-electron chi connectivity index (χ0n) is 14.6. The molecule has 0 spiro atoms. The number of ether oxygens (including phenoxy) is 1. The second-order valence-electron chi connectivity index (χ2n) is 5.90. The average Bonchev–Trinajstić information content (AvgIpc) is 3.10. The molecule has 0 radical (unpaired) electrons. The molecule has 6 heteroatoms. The summed E-state index contributed by atoms with van der Waals surface area (Å²) in [5.41, 5.74) is 3.34. The fraction of sp³-hybridized carbons (Fsp3) is 0.200. The number of aromatic nitrogens is 1. The zero-order valence-corrected chi connectivity index (χ0v) is 15.3. The van der Waals surface area contributed by atoms with Gasteiger partial charge in [-0.2, -0.15) is 0 Å². The summed E-state index contributed by atoms with van der Waals surface area (Å²) in [5.74, 6) is 0.904. The molecule has 0 aliphatic rings. The molecule has 0 saturated heterocycles. The van der Waals surface area contributed by atoms with Gasteiger partial charge < -0.3 is 14.5 Å². The summed E-state index contributed by atoms with van der Waals surface area (Å²) in [7, 11) is 1.53. The van der Waals surface area contributed by atoms with Crippen LogP contribution in [0, 0.1) is 6.92 Å². The lowest BCUT2D eigenvalue weighted by Crippen LogP contribution is -2.25. The monoisotopic (exact) mass is 370 g/mol. The molecule has 1 amide bonds. The van der Waals surface area contributed by atoms with Gasteiger partial charge in [-0.3, -0.25) is 4.79 Å². The van der Waals surface area contributed by atoms with Crippen molar-refractivity contribution in [3.63, 3.8) is 0 Å². The van der Waals surface area contributed by atoms with Gasteiger partial charge in [-0.25, -0.2) is 4.98 Å². The predicted octanol–water partition coefficient (Wildman–Crippen LogP) is 4.28. The van der Waals surface area contributed by atoms with Crippen LogP contribution in [0.4, 0.5) is 0 Å². The third-order valence-electron chi connectivity index (χ3n) is 3.89. The van der Waals surface area contributed by atoms with Crippen LogP contribution in [-0.2, 0) is 6.42 Å². The van der Waals surface area contributed by atoms with E-state index in [1.165, 1.54) is 12.7 Å². The van der Waals surface area contributed by atoms with Gasteiger partial charge in [0.25, 0.3) is 5.91 Å². The van der Waals surface area contributed by atoms with E-state index in [4.69, 9.17) is 20.8 Å². The van der Waals surface area contributed by atoms with E-state index in [0.717, 1.165) is 11.3 Å². The third-order valence-corrected chi connectivity index (χ3v) is 4.10. The summed E-state index contributed by atoms with van der Waals surface area (Å²) in [6.07, 6.45) is 2.18. The van der Waals surface area contributed by atoms with Crippen molar-refractivity contribution < 1.29 is 13.9 Å². The Labute approximate surface area is 157 Å². The summed E-state index contributed by atoms with van der Waals surface area (Å²) in [6, 6.07) is 12.9. The van der Waals surface area contributed by atoms with E-state index in [1.807, 2.05) is 31.2 Å². The van der Waals surface area contributed by atoms with Crippen molar-refractivity contribution in [1.82, 2.24) is 10.3 Å². The number of benzene rings is 2. The molecule has 26 heavy (non-hydrogen) atoms. The Balaban J connectivity index is 1.57. The Hall–Kier alpha value is -2.79. The fourth-order valence-corrected chi connectivity index (χ4v) is 2.69. The van der Waals surface area contributed by atoms with E-state index < -0.39 is 0 Å². The summed E-state index contributed by atoms with van der Waals surface area (Å²) < 4.78 is 10.6. The highest BCUT2D eigenvalue weighted by molar-refractivity contribution is 6.31. The molecule has 0 bridgehead atoms. The molecule has 0 aliphatic carbocycles. The number of carbonyl (C=O) groups is 1. The molecule has 1 aromatic heterocycles. The Morgan fingerprint density at radius 1 is 1.23 bits per heavy atom. The molecular weight excluding hydrogens is 352 g/mol. The number of oxazole rings is 1. The maximum Gasteiger partial charge on any atom is 0.251 e. The van der Waals surface area contributed by atoms with Crippen LogP contribution in [0.25, 0.3) is 11.5 Å². The highest BCUT2D eigenvalue weighted by Gasteiger charge is 2.10. The molecule has 0 atom stereocenters. The van der Waals surface area contributed by atoms with Gasteiger partial charge >= 0.3 is 0 Å². The number of carbonyl (C=O) groups excluding carboxylic acids is 1. The van der Waals surface area contributed by atoms with Crippen molar-refractivity contribution >= 4 is 17.5 Å². The van der Waals surface area contributed by atoms with E-state index in [-0.39, 0.29) is 5.91 Å². The molecule has 134 valence electrons. The molecule has 3 rings (SSSR count). The minimum Gasteiger partial charge on any atom is -0.497 e. The molecule has 1 N–H and O–H groups in total. The van der Waals surface area contributed by atoms with E-state index in [9.17, 15) is 4.79 Å². The van der Waals surface area contributed by atoms with E-state index >= 15 is 0 Å². The Bertz CT molecular complexity index is 904. The van der Waals surface area contributed by atoms with Crippen LogP contribution in [-0.4, -0.2) is 24.5 Å². The summed E-state index contributed by atoms with van der Waals surface area (Å²) in [4.78, 5) is 16.7. The van der Waals surface area contributed by atoms with Crippen LogP contribution in [0.1, 0.15) is 21.6 Å². The van der Waals surface area contributed by atoms with Crippen LogP contribution in [0.3, 0.4) is 0 Å². The van der Waals surface area contributed by atoms with Gasteiger partial charge in [0.05, 0.1) is 12.8 Å². The number of aryl methyl sites for hydroxylation is 1. The lowest BCUT2D eigenvalue weighted by atomic mass is 10.1. The maximum absolute atomic E-state index is 12.2. The van der Waals surface area contributed by atoms with Gasteiger partial charge in [0.1, 0.15) is 12.0 Å². The topological polar surface area (TPSA) is 64.4 Å². The first-order valence-electron chi connectivity index (χ1n) is 8.19. The maximum atomic E-state index is 12.2.